The molecule has 0 aliphatic carbocycles. The largest absolute Gasteiger partial charge is 0.376 e. The van der Waals surface area contributed by atoms with Crippen molar-refractivity contribution in [1.82, 2.24) is 5.43 Å². The first-order chi connectivity index (χ1) is 14.7. The van der Waals surface area contributed by atoms with Crippen molar-refractivity contribution in [3.8, 4) is 0 Å². The Morgan fingerprint density at radius 3 is 2.37 bits per heavy atom. The highest BCUT2D eigenvalue weighted by atomic mass is 79.9. The molecule has 0 fully saturated rings. The van der Waals surface area contributed by atoms with Gasteiger partial charge in [0.05, 0.1) is 12.8 Å². The minimum atomic E-state index is -0.205. The molecule has 4 nitrogen and oxygen atoms in total. The van der Waals surface area contributed by atoms with Gasteiger partial charge in [0.25, 0.3) is 5.91 Å². The second-order valence-electron chi connectivity index (χ2n) is 7.17. The standard InChI is InChI=1S/C25H18BrN3O/c26-20-5-2-6-21(13-20)27-15-23(30)29-28-14-19-10-9-18-8-7-16-3-1-4-17-11-12-22(19)25(18)24(16)17/h1-14,27H,15H2,(H,29,30)/b28-14+. The van der Waals surface area contributed by atoms with E-state index in [1.807, 2.05) is 30.3 Å². The fourth-order valence-corrected chi connectivity index (χ4v) is 4.26. The number of hydrazone groups is 1. The Hall–Kier alpha value is -3.44. The summed E-state index contributed by atoms with van der Waals surface area (Å²) in [6, 6.07) is 26.8. The minimum Gasteiger partial charge on any atom is -0.376 e. The van der Waals surface area contributed by atoms with Crippen molar-refractivity contribution in [2.24, 2.45) is 5.10 Å². The average molecular weight is 456 g/mol. The molecule has 2 N–H and O–H groups in total. The number of rotatable bonds is 5. The van der Waals surface area contributed by atoms with Crippen LogP contribution in [0.3, 0.4) is 0 Å². The molecule has 5 heteroatoms. The topological polar surface area (TPSA) is 53.5 Å². The third-order valence-electron chi connectivity index (χ3n) is 5.23. The van der Waals surface area contributed by atoms with Crippen molar-refractivity contribution in [1.29, 1.82) is 0 Å². The van der Waals surface area contributed by atoms with Gasteiger partial charge in [0.2, 0.25) is 0 Å². The summed E-state index contributed by atoms with van der Waals surface area (Å²) in [5.74, 6) is -0.205. The minimum absolute atomic E-state index is 0.145. The van der Waals surface area contributed by atoms with Crippen LogP contribution in [-0.4, -0.2) is 18.7 Å². The van der Waals surface area contributed by atoms with Crippen LogP contribution in [0.5, 0.6) is 0 Å². The van der Waals surface area contributed by atoms with Crippen LogP contribution in [0.15, 0.2) is 88.4 Å². The monoisotopic (exact) mass is 455 g/mol. The molecule has 0 heterocycles. The molecule has 0 bridgehead atoms. The Bertz CT molecular complexity index is 1390. The van der Waals surface area contributed by atoms with E-state index in [-0.39, 0.29) is 12.5 Å². The number of hydrogen-bond acceptors (Lipinski definition) is 3. The van der Waals surface area contributed by atoms with Gasteiger partial charge in [-0.1, -0.05) is 76.6 Å². The summed E-state index contributed by atoms with van der Waals surface area (Å²) in [5.41, 5.74) is 4.44. The summed E-state index contributed by atoms with van der Waals surface area (Å²) in [6.45, 7) is 0.145. The number of nitrogens with zero attached hydrogens (tertiary/aromatic N) is 1. The Labute approximate surface area is 182 Å². The predicted octanol–water partition coefficient (Wildman–Crippen LogP) is 5.91. The number of halogens is 1. The second-order valence-corrected chi connectivity index (χ2v) is 8.08. The fraction of sp³-hybridized carbons (Fsp3) is 0.0400. The van der Waals surface area contributed by atoms with Crippen molar-refractivity contribution in [2.45, 2.75) is 0 Å². The molecular weight excluding hydrogens is 438 g/mol. The average Bonchev–Trinajstić information content (AvgIpc) is 2.77. The van der Waals surface area contributed by atoms with Gasteiger partial charge in [-0.05, 0) is 50.5 Å². The van der Waals surface area contributed by atoms with Crippen molar-refractivity contribution >= 4 is 66.1 Å². The molecule has 0 aromatic heterocycles. The number of carbonyl (C=O) groups is 1. The van der Waals surface area contributed by atoms with Crippen LogP contribution in [0.1, 0.15) is 5.56 Å². The van der Waals surface area contributed by atoms with Crippen LogP contribution in [0.4, 0.5) is 5.69 Å². The highest BCUT2D eigenvalue weighted by Crippen LogP contribution is 2.35. The first-order valence-electron chi connectivity index (χ1n) is 9.67. The van der Waals surface area contributed by atoms with Crippen LogP contribution in [0.25, 0.3) is 32.3 Å². The molecule has 146 valence electrons. The molecule has 5 aromatic carbocycles. The molecule has 5 rings (SSSR count). The van der Waals surface area contributed by atoms with Gasteiger partial charge in [-0.3, -0.25) is 4.79 Å². The lowest BCUT2D eigenvalue weighted by atomic mass is 9.92. The summed E-state index contributed by atoms with van der Waals surface area (Å²) >= 11 is 3.42. The van der Waals surface area contributed by atoms with Gasteiger partial charge >= 0.3 is 0 Å². The van der Waals surface area contributed by atoms with Crippen molar-refractivity contribution < 1.29 is 4.79 Å². The SMILES string of the molecule is O=C(CNc1cccc(Br)c1)N/N=C/c1ccc2ccc3cccc4ccc1c2c34. The third-order valence-corrected chi connectivity index (χ3v) is 5.73. The van der Waals surface area contributed by atoms with Crippen LogP contribution in [0, 0.1) is 0 Å². The molecule has 0 unspecified atom stereocenters. The summed E-state index contributed by atoms with van der Waals surface area (Å²) in [4.78, 5) is 12.1. The number of amides is 1. The third kappa shape index (κ3) is 3.48. The molecule has 0 aliphatic heterocycles. The first-order valence-corrected chi connectivity index (χ1v) is 10.5. The number of carbonyl (C=O) groups excluding carboxylic acids is 1. The van der Waals surface area contributed by atoms with Crippen LogP contribution in [-0.2, 0) is 4.79 Å². The van der Waals surface area contributed by atoms with E-state index < -0.39 is 0 Å². The van der Waals surface area contributed by atoms with Crippen molar-refractivity contribution in [3.63, 3.8) is 0 Å². The first kappa shape index (κ1) is 18.6. The van der Waals surface area contributed by atoms with E-state index in [9.17, 15) is 4.79 Å². The molecule has 0 saturated carbocycles. The Morgan fingerprint density at radius 1 is 0.867 bits per heavy atom. The zero-order valence-electron chi connectivity index (χ0n) is 16.0. The predicted molar refractivity (Wildman–Crippen MR) is 129 cm³/mol. The Balaban J connectivity index is 1.37. The van der Waals surface area contributed by atoms with Gasteiger partial charge in [0, 0.05) is 15.7 Å². The van der Waals surface area contributed by atoms with E-state index in [2.05, 4.69) is 80.3 Å². The maximum absolute atomic E-state index is 12.1. The molecule has 0 radical (unpaired) electrons. The molecule has 5 aromatic rings. The van der Waals surface area contributed by atoms with E-state index in [0.29, 0.717) is 0 Å². The van der Waals surface area contributed by atoms with Crippen LogP contribution < -0.4 is 10.7 Å². The van der Waals surface area contributed by atoms with E-state index in [1.165, 1.54) is 26.9 Å². The zero-order chi connectivity index (χ0) is 20.5. The smallest absolute Gasteiger partial charge is 0.259 e. The molecule has 0 spiro atoms. The zero-order valence-corrected chi connectivity index (χ0v) is 17.6. The summed E-state index contributed by atoms with van der Waals surface area (Å²) in [7, 11) is 0. The highest BCUT2D eigenvalue weighted by molar-refractivity contribution is 9.10. The normalized spacial score (nSPS) is 11.6. The maximum Gasteiger partial charge on any atom is 0.259 e. The van der Waals surface area contributed by atoms with Crippen LogP contribution >= 0.6 is 15.9 Å². The molecule has 0 atom stereocenters. The van der Waals surface area contributed by atoms with Gasteiger partial charge in [0.15, 0.2) is 0 Å². The number of nitrogens with one attached hydrogen (secondary N) is 2. The second kappa shape index (κ2) is 7.76. The Morgan fingerprint density at radius 2 is 1.57 bits per heavy atom. The highest BCUT2D eigenvalue weighted by Gasteiger charge is 2.09. The molecule has 30 heavy (non-hydrogen) atoms. The number of benzene rings is 5. The van der Waals surface area contributed by atoms with Crippen molar-refractivity contribution in [3.05, 3.63) is 88.9 Å². The van der Waals surface area contributed by atoms with Crippen LogP contribution in [0.2, 0.25) is 0 Å². The summed E-state index contributed by atoms with van der Waals surface area (Å²) in [6.07, 6.45) is 1.71. The molecule has 0 saturated heterocycles. The van der Waals surface area contributed by atoms with E-state index >= 15 is 0 Å². The Kier molecular flexibility index (Phi) is 4.81. The number of anilines is 1. The lowest BCUT2D eigenvalue weighted by Gasteiger charge is -2.12. The van der Waals surface area contributed by atoms with Crippen molar-refractivity contribution in [2.75, 3.05) is 11.9 Å². The van der Waals surface area contributed by atoms with Gasteiger partial charge in [-0.2, -0.15) is 5.10 Å². The summed E-state index contributed by atoms with van der Waals surface area (Å²) < 4.78 is 0.958. The maximum atomic E-state index is 12.1. The molecule has 1 amide bonds. The van der Waals surface area contributed by atoms with Gasteiger partial charge < -0.3 is 5.32 Å². The summed E-state index contributed by atoms with van der Waals surface area (Å²) in [5, 5.41) is 14.5. The lowest BCUT2D eigenvalue weighted by molar-refractivity contribution is -0.119. The van der Waals surface area contributed by atoms with Gasteiger partial charge in [-0.15, -0.1) is 0 Å². The fourth-order valence-electron chi connectivity index (χ4n) is 3.86. The molecule has 0 aliphatic rings. The quantitative estimate of drug-likeness (QED) is 0.196. The van der Waals surface area contributed by atoms with Gasteiger partial charge in [-0.25, -0.2) is 5.43 Å². The van der Waals surface area contributed by atoms with E-state index in [4.69, 9.17) is 0 Å². The lowest BCUT2D eigenvalue weighted by Crippen LogP contribution is -2.25. The number of hydrogen-bond donors (Lipinski definition) is 2. The van der Waals surface area contributed by atoms with Gasteiger partial charge in [0.1, 0.15) is 0 Å². The van der Waals surface area contributed by atoms with E-state index in [0.717, 1.165) is 21.1 Å². The molecular formula is C25H18BrN3O. The van der Waals surface area contributed by atoms with E-state index in [1.54, 1.807) is 6.21 Å².